The van der Waals surface area contributed by atoms with Gasteiger partial charge in [0.2, 0.25) is 0 Å². The molecule has 7 rings (SSSR count). The van der Waals surface area contributed by atoms with Crippen molar-refractivity contribution in [2.75, 3.05) is 16.5 Å². The van der Waals surface area contributed by atoms with Crippen LogP contribution in [0.2, 0.25) is 0 Å². The molecule has 0 spiro atoms. The summed E-state index contributed by atoms with van der Waals surface area (Å²) in [6.45, 7) is 5.21. The van der Waals surface area contributed by atoms with Gasteiger partial charge in [0, 0.05) is 11.4 Å². The van der Waals surface area contributed by atoms with Crippen LogP contribution in [0.1, 0.15) is 25.0 Å². The standard InChI is InChI=1S/C39H34N2/c1-3-28-11-7-9-15-36(28)30-17-21-34(22-18-30)40-27-41(39-26-33-14-6-5-13-32(33)25-38(39)40)35-23-19-31(20-24-35)37-16-10-8-12-29(37)4-2/h5-26H,3-4,27H2,1-2H3. The predicted octanol–water partition coefficient (Wildman–Crippen LogP) is 10.5. The first-order valence-corrected chi connectivity index (χ1v) is 14.7. The summed E-state index contributed by atoms with van der Waals surface area (Å²) in [5.41, 5.74) is 12.8. The summed E-state index contributed by atoms with van der Waals surface area (Å²) in [6.07, 6.45) is 2.06. The Hall–Kier alpha value is -4.82. The fraction of sp³-hybridized carbons (Fsp3) is 0.128. The molecule has 0 aromatic heterocycles. The molecule has 0 saturated carbocycles. The van der Waals surface area contributed by atoms with Gasteiger partial charge in [-0.15, -0.1) is 0 Å². The Balaban J connectivity index is 1.27. The third-order valence-electron chi connectivity index (χ3n) is 8.48. The van der Waals surface area contributed by atoms with Gasteiger partial charge < -0.3 is 9.80 Å². The lowest BCUT2D eigenvalue weighted by Gasteiger charge is -2.23. The van der Waals surface area contributed by atoms with Gasteiger partial charge in [-0.25, -0.2) is 0 Å². The summed E-state index contributed by atoms with van der Waals surface area (Å²) < 4.78 is 0. The third-order valence-corrected chi connectivity index (χ3v) is 8.48. The second kappa shape index (κ2) is 10.6. The van der Waals surface area contributed by atoms with Crippen molar-refractivity contribution in [3.63, 3.8) is 0 Å². The SMILES string of the molecule is CCc1ccccc1-c1ccc(N2CN(c3ccc(-c4ccccc4CC)cc3)c3cc4ccccc4cc32)cc1. The predicted molar refractivity (Wildman–Crippen MR) is 176 cm³/mol. The number of benzene rings is 6. The van der Waals surface area contributed by atoms with Crippen LogP contribution in [0.3, 0.4) is 0 Å². The first kappa shape index (κ1) is 25.2. The second-order valence-electron chi connectivity index (χ2n) is 10.8. The summed E-state index contributed by atoms with van der Waals surface area (Å²) in [6, 6.07) is 49.0. The largest absolute Gasteiger partial charge is 0.321 e. The van der Waals surface area contributed by atoms with Crippen LogP contribution in [0.25, 0.3) is 33.0 Å². The molecule has 0 radical (unpaired) electrons. The van der Waals surface area contributed by atoms with Gasteiger partial charge in [-0.3, -0.25) is 0 Å². The van der Waals surface area contributed by atoms with Crippen LogP contribution in [0.5, 0.6) is 0 Å². The number of aryl methyl sites for hydroxylation is 2. The molecule has 0 unspecified atom stereocenters. The van der Waals surface area contributed by atoms with Crippen LogP contribution in [0.15, 0.2) is 133 Å². The topological polar surface area (TPSA) is 6.48 Å². The highest BCUT2D eigenvalue weighted by Crippen LogP contribution is 2.46. The lowest BCUT2D eigenvalue weighted by molar-refractivity contribution is 0.991. The van der Waals surface area contributed by atoms with Gasteiger partial charge in [0.1, 0.15) is 6.67 Å². The second-order valence-corrected chi connectivity index (χ2v) is 10.8. The van der Waals surface area contributed by atoms with Gasteiger partial charge in [-0.2, -0.15) is 0 Å². The van der Waals surface area contributed by atoms with Crippen LogP contribution in [0.4, 0.5) is 22.7 Å². The number of hydrogen-bond acceptors (Lipinski definition) is 2. The molecule has 1 aliphatic rings. The third kappa shape index (κ3) is 4.56. The molecule has 0 fully saturated rings. The smallest absolute Gasteiger partial charge is 0.100 e. The quantitative estimate of drug-likeness (QED) is 0.211. The summed E-state index contributed by atoms with van der Waals surface area (Å²) in [4.78, 5) is 4.88. The maximum absolute atomic E-state index is 2.44. The van der Waals surface area contributed by atoms with Crippen molar-refractivity contribution >= 4 is 33.5 Å². The highest BCUT2D eigenvalue weighted by molar-refractivity contribution is 5.98. The zero-order chi connectivity index (χ0) is 27.8. The lowest BCUT2D eigenvalue weighted by atomic mass is 9.98. The molecule has 2 nitrogen and oxygen atoms in total. The lowest BCUT2D eigenvalue weighted by Crippen LogP contribution is -2.23. The van der Waals surface area contributed by atoms with E-state index >= 15 is 0 Å². The summed E-state index contributed by atoms with van der Waals surface area (Å²) in [5.74, 6) is 0. The summed E-state index contributed by atoms with van der Waals surface area (Å²) in [7, 11) is 0. The van der Waals surface area contributed by atoms with Crippen molar-refractivity contribution in [1.29, 1.82) is 0 Å². The Morgan fingerprint density at radius 3 is 1.27 bits per heavy atom. The number of anilines is 4. The van der Waals surface area contributed by atoms with E-state index in [-0.39, 0.29) is 0 Å². The Labute approximate surface area is 243 Å². The maximum atomic E-state index is 2.44. The van der Waals surface area contributed by atoms with E-state index in [9.17, 15) is 0 Å². The Morgan fingerprint density at radius 1 is 0.463 bits per heavy atom. The Kier molecular flexibility index (Phi) is 6.53. The molecule has 0 N–H and O–H groups in total. The van der Waals surface area contributed by atoms with Crippen LogP contribution < -0.4 is 9.80 Å². The van der Waals surface area contributed by atoms with E-state index in [4.69, 9.17) is 0 Å². The van der Waals surface area contributed by atoms with Gasteiger partial charge in [0.15, 0.2) is 0 Å². The minimum absolute atomic E-state index is 0.765. The molecule has 41 heavy (non-hydrogen) atoms. The van der Waals surface area contributed by atoms with E-state index in [1.165, 1.54) is 66.9 Å². The van der Waals surface area contributed by atoms with Gasteiger partial charge in [-0.05, 0) is 93.4 Å². The van der Waals surface area contributed by atoms with Crippen LogP contribution in [0, 0.1) is 0 Å². The number of rotatable bonds is 6. The molecule has 200 valence electrons. The molecule has 6 aromatic rings. The number of nitrogens with zero attached hydrogens (tertiary/aromatic N) is 2. The fourth-order valence-corrected chi connectivity index (χ4v) is 6.25. The van der Waals surface area contributed by atoms with Gasteiger partial charge in [-0.1, -0.05) is 111 Å². The van der Waals surface area contributed by atoms with Crippen molar-refractivity contribution in [1.82, 2.24) is 0 Å². The van der Waals surface area contributed by atoms with E-state index in [0.29, 0.717) is 0 Å². The summed E-state index contributed by atoms with van der Waals surface area (Å²) in [5, 5.41) is 2.52. The highest BCUT2D eigenvalue weighted by atomic mass is 15.4. The zero-order valence-corrected chi connectivity index (χ0v) is 23.7. The molecule has 0 atom stereocenters. The highest BCUT2D eigenvalue weighted by Gasteiger charge is 2.28. The maximum Gasteiger partial charge on any atom is 0.100 e. The van der Waals surface area contributed by atoms with Crippen molar-refractivity contribution in [2.45, 2.75) is 26.7 Å². The molecular weight excluding hydrogens is 496 g/mol. The van der Waals surface area contributed by atoms with Crippen LogP contribution >= 0.6 is 0 Å². The van der Waals surface area contributed by atoms with E-state index in [1.807, 2.05) is 0 Å². The van der Waals surface area contributed by atoms with Crippen LogP contribution in [-0.4, -0.2) is 6.67 Å². The van der Waals surface area contributed by atoms with Crippen molar-refractivity contribution in [3.8, 4) is 22.3 Å². The zero-order valence-electron chi connectivity index (χ0n) is 23.7. The van der Waals surface area contributed by atoms with Crippen molar-refractivity contribution in [3.05, 3.63) is 145 Å². The molecule has 2 heteroatoms. The van der Waals surface area contributed by atoms with Crippen molar-refractivity contribution < 1.29 is 0 Å². The minimum Gasteiger partial charge on any atom is -0.321 e. The molecule has 1 aliphatic heterocycles. The van der Waals surface area contributed by atoms with E-state index in [2.05, 4.69) is 157 Å². The summed E-state index contributed by atoms with van der Waals surface area (Å²) >= 11 is 0. The number of fused-ring (bicyclic) bond motifs is 2. The molecule has 0 saturated heterocycles. The van der Waals surface area contributed by atoms with Crippen molar-refractivity contribution in [2.24, 2.45) is 0 Å². The average molecular weight is 531 g/mol. The molecule has 0 aliphatic carbocycles. The Morgan fingerprint density at radius 2 is 0.854 bits per heavy atom. The minimum atomic E-state index is 0.765. The monoisotopic (exact) mass is 530 g/mol. The number of hydrogen-bond donors (Lipinski definition) is 0. The van der Waals surface area contributed by atoms with Crippen LogP contribution in [-0.2, 0) is 12.8 Å². The van der Waals surface area contributed by atoms with E-state index in [1.54, 1.807) is 0 Å². The van der Waals surface area contributed by atoms with E-state index < -0.39 is 0 Å². The first-order chi connectivity index (χ1) is 20.2. The molecule has 0 amide bonds. The Bertz CT molecular complexity index is 1700. The molecule has 6 aromatic carbocycles. The van der Waals surface area contributed by atoms with Gasteiger partial charge in [0.05, 0.1) is 11.4 Å². The fourth-order valence-electron chi connectivity index (χ4n) is 6.25. The average Bonchev–Trinajstić information content (AvgIpc) is 3.42. The van der Waals surface area contributed by atoms with Gasteiger partial charge in [0.25, 0.3) is 0 Å². The molecular formula is C39H34N2. The molecule has 0 bridgehead atoms. The first-order valence-electron chi connectivity index (χ1n) is 14.7. The normalized spacial score (nSPS) is 12.6. The van der Waals surface area contributed by atoms with Gasteiger partial charge >= 0.3 is 0 Å². The van der Waals surface area contributed by atoms with E-state index in [0.717, 1.165) is 19.5 Å². The molecule has 1 heterocycles.